The molecule has 1 saturated heterocycles. The van der Waals surface area contributed by atoms with Gasteiger partial charge in [0.15, 0.2) is 12.2 Å². The molecule has 18 heteroatoms. The van der Waals surface area contributed by atoms with Crippen LogP contribution in [0.3, 0.4) is 0 Å². The first-order chi connectivity index (χ1) is 32.6. The Bertz CT molecular complexity index is 2670. The van der Waals surface area contributed by atoms with Crippen molar-refractivity contribution in [2.75, 3.05) is 6.61 Å². The molecule has 6 aromatic carbocycles. The lowest BCUT2D eigenvalue weighted by molar-refractivity contribution is -0.278. The fraction of sp³-hybridized carbons (Fsp3) is 0.180. The molecule has 6 aromatic rings. The molecule has 0 radical (unpaired) electrons. The smallest absolute Gasteiger partial charge is 0.416 e. The van der Waals surface area contributed by atoms with E-state index in [1.165, 1.54) is 60.7 Å². The zero-order valence-electron chi connectivity index (χ0n) is 35.2. The molecule has 0 spiro atoms. The van der Waals surface area contributed by atoms with Gasteiger partial charge in [0.2, 0.25) is 12.4 Å². The zero-order chi connectivity index (χ0) is 48.3. The van der Waals surface area contributed by atoms with Gasteiger partial charge < -0.3 is 28.4 Å². The number of rotatable bonds is 13. The Morgan fingerprint density at radius 2 is 0.882 bits per heavy atom. The number of alkyl halides is 6. The summed E-state index contributed by atoms with van der Waals surface area (Å²) < 4.78 is 118. The number of aliphatic imine (C=N–C) groups is 1. The summed E-state index contributed by atoms with van der Waals surface area (Å²) in [7, 11) is 0. The van der Waals surface area contributed by atoms with Crippen LogP contribution >= 0.6 is 11.8 Å². The summed E-state index contributed by atoms with van der Waals surface area (Å²) in [5, 5.41) is -0.386. The molecule has 5 atom stereocenters. The highest BCUT2D eigenvalue weighted by Gasteiger charge is 2.54. The second kappa shape index (κ2) is 21.9. The van der Waals surface area contributed by atoms with Crippen molar-refractivity contribution in [1.29, 1.82) is 0 Å². The van der Waals surface area contributed by atoms with E-state index in [1.54, 1.807) is 72.8 Å². The van der Waals surface area contributed by atoms with Crippen LogP contribution in [0.2, 0.25) is 0 Å². The molecule has 0 aliphatic carbocycles. The molecule has 68 heavy (non-hydrogen) atoms. The highest BCUT2D eigenvalue weighted by Crippen LogP contribution is 2.35. The van der Waals surface area contributed by atoms with E-state index in [9.17, 15) is 45.5 Å². The van der Waals surface area contributed by atoms with Gasteiger partial charge >= 0.3 is 36.2 Å². The Morgan fingerprint density at radius 3 is 1.32 bits per heavy atom. The van der Waals surface area contributed by atoms with E-state index in [4.69, 9.17) is 28.4 Å². The summed E-state index contributed by atoms with van der Waals surface area (Å²) in [6, 6.07) is 38.4. The Morgan fingerprint density at radius 1 is 0.485 bits per heavy atom. The summed E-state index contributed by atoms with van der Waals surface area (Å²) in [4.78, 5) is 59.7. The lowest BCUT2D eigenvalue weighted by atomic mass is 9.97. The van der Waals surface area contributed by atoms with Gasteiger partial charge in [0.05, 0.1) is 39.1 Å². The molecule has 1 aliphatic heterocycles. The van der Waals surface area contributed by atoms with Crippen LogP contribution in [-0.4, -0.2) is 66.4 Å². The maximum absolute atomic E-state index is 14.0. The van der Waals surface area contributed by atoms with Crippen LogP contribution in [0.1, 0.15) is 58.1 Å². The Balaban J connectivity index is 1.33. The number of thioether (sulfide) groups is 1. The topological polar surface area (TPSA) is 136 Å². The zero-order valence-corrected chi connectivity index (χ0v) is 36.0. The van der Waals surface area contributed by atoms with Crippen LogP contribution < -0.4 is 0 Å². The summed E-state index contributed by atoms with van der Waals surface area (Å²) in [6.07, 6.45) is -18.3. The molecule has 1 fully saturated rings. The fourth-order valence-corrected chi connectivity index (χ4v) is 7.40. The van der Waals surface area contributed by atoms with Gasteiger partial charge in [-0.15, -0.1) is 0 Å². The van der Waals surface area contributed by atoms with Crippen molar-refractivity contribution in [3.8, 4) is 0 Å². The Hall–Kier alpha value is -7.44. The van der Waals surface area contributed by atoms with Gasteiger partial charge in [0.1, 0.15) is 12.7 Å². The number of benzene rings is 6. The van der Waals surface area contributed by atoms with Gasteiger partial charge in [-0.25, -0.2) is 24.2 Å². The van der Waals surface area contributed by atoms with E-state index >= 15 is 0 Å². The summed E-state index contributed by atoms with van der Waals surface area (Å²) >= 11 is 0.766. The van der Waals surface area contributed by atoms with Crippen LogP contribution in [0.4, 0.5) is 32.0 Å². The molecule has 11 nitrogen and oxygen atoms in total. The summed E-state index contributed by atoms with van der Waals surface area (Å²) in [6.45, 7) is -0.705. The number of carbonyl (C=O) groups is 4. The third-order valence-electron chi connectivity index (χ3n) is 10.0. The number of carbonyl (C=O) groups excluding carboxylic acids is 4. The standard InChI is InChI=1S/C50H37F6NO10S/c51-49(52,53)36-23-21-31(22-24-36)30-68-48(57-38-27-25-37(26-28-38)50(54,55)56)67-47-42(66-46(61)35-19-11-4-12-20-35)41(65-45(60)34-17-9-3-10-18-34)40(64-44(59)33-15-7-2-8-16-33)39(63-47)29-62-43(58)32-13-5-1-6-14-32/h1-28,39-42,47H,29-30H2/t39?,40-,41-,42?,47-/m1/s1. The minimum absolute atomic E-state index is 0.00598. The van der Waals surface area contributed by atoms with Crippen molar-refractivity contribution >= 4 is 46.6 Å². The first-order valence-electron chi connectivity index (χ1n) is 20.5. The van der Waals surface area contributed by atoms with Gasteiger partial charge in [-0.3, -0.25) is 0 Å². The molecular weight excluding hydrogens is 921 g/mol. The van der Waals surface area contributed by atoms with Gasteiger partial charge in [-0.2, -0.15) is 26.3 Å². The van der Waals surface area contributed by atoms with E-state index < -0.39 is 84.7 Å². The van der Waals surface area contributed by atoms with Crippen molar-refractivity contribution in [3.05, 3.63) is 209 Å². The van der Waals surface area contributed by atoms with E-state index in [0.29, 0.717) is 5.56 Å². The third-order valence-corrected chi connectivity index (χ3v) is 10.9. The van der Waals surface area contributed by atoms with Crippen LogP contribution in [0.15, 0.2) is 175 Å². The predicted molar refractivity (Wildman–Crippen MR) is 235 cm³/mol. The van der Waals surface area contributed by atoms with Crippen LogP contribution in [-0.2, 0) is 46.5 Å². The number of nitrogens with zero attached hydrogens (tertiary/aromatic N) is 1. The van der Waals surface area contributed by atoms with Crippen molar-refractivity contribution in [1.82, 2.24) is 0 Å². The fourth-order valence-electron chi connectivity index (χ4n) is 6.58. The first kappa shape index (κ1) is 48.5. The van der Waals surface area contributed by atoms with Crippen LogP contribution in [0, 0.1) is 0 Å². The van der Waals surface area contributed by atoms with Crippen molar-refractivity contribution in [2.24, 2.45) is 4.99 Å². The summed E-state index contributed by atoms with van der Waals surface area (Å²) in [5.74, 6) is -3.93. The largest absolute Gasteiger partial charge is 0.459 e. The molecule has 350 valence electrons. The molecule has 0 aromatic heterocycles. The molecule has 0 N–H and O–H groups in total. The number of esters is 4. The predicted octanol–water partition coefficient (Wildman–Crippen LogP) is 10.9. The minimum Gasteiger partial charge on any atom is -0.459 e. The number of halogens is 6. The molecule has 2 unspecified atom stereocenters. The van der Waals surface area contributed by atoms with Crippen LogP contribution in [0.5, 0.6) is 0 Å². The molecular formula is C50H37F6NO10S. The van der Waals surface area contributed by atoms with E-state index in [0.717, 1.165) is 48.2 Å². The van der Waals surface area contributed by atoms with Crippen LogP contribution in [0.25, 0.3) is 0 Å². The maximum Gasteiger partial charge on any atom is 0.416 e. The third kappa shape index (κ3) is 12.9. The Kier molecular flexibility index (Phi) is 15.6. The minimum atomic E-state index is -4.70. The highest BCUT2D eigenvalue weighted by molar-refractivity contribution is 8.12. The normalized spacial score (nSPS) is 18.4. The lowest BCUT2D eigenvalue weighted by Crippen LogP contribution is -2.63. The summed E-state index contributed by atoms with van der Waals surface area (Å²) in [5.41, 5.74) is -1.48. The van der Waals surface area contributed by atoms with E-state index in [1.807, 2.05) is 0 Å². The van der Waals surface area contributed by atoms with Gasteiger partial charge in [0, 0.05) is 5.75 Å². The number of hydrogen-bond donors (Lipinski definition) is 0. The van der Waals surface area contributed by atoms with Gasteiger partial charge in [-0.05, 0) is 90.5 Å². The van der Waals surface area contributed by atoms with Gasteiger partial charge in [-0.1, -0.05) is 96.7 Å². The first-order valence-corrected chi connectivity index (χ1v) is 21.5. The average molecular weight is 958 g/mol. The molecule has 0 saturated carbocycles. The molecule has 1 heterocycles. The Labute approximate surface area is 388 Å². The van der Waals surface area contributed by atoms with Crippen molar-refractivity contribution in [2.45, 2.75) is 48.8 Å². The quantitative estimate of drug-likeness (QED) is 0.0360. The number of hydrogen-bond acceptors (Lipinski definition) is 12. The van der Waals surface area contributed by atoms with E-state index in [2.05, 4.69) is 4.99 Å². The highest BCUT2D eigenvalue weighted by atomic mass is 32.2. The van der Waals surface area contributed by atoms with Gasteiger partial charge in [0.25, 0.3) is 5.23 Å². The average Bonchev–Trinajstić information content (AvgIpc) is 3.35. The molecule has 7 rings (SSSR count). The van der Waals surface area contributed by atoms with Crippen molar-refractivity contribution < 1.29 is 73.9 Å². The second-order valence-electron chi connectivity index (χ2n) is 14.7. The monoisotopic (exact) mass is 957 g/mol. The molecule has 0 bridgehead atoms. The molecule has 0 amide bonds. The second-order valence-corrected chi connectivity index (χ2v) is 15.7. The lowest BCUT2D eigenvalue weighted by Gasteiger charge is -2.44. The number of ether oxygens (including phenoxy) is 6. The molecule has 1 aliphatic rings. The van der Waals surface area contributed by atoms with E-state index in [-0.39, 0.29) is 38.9 Å². The SMILES string of the molecule is O=C(OCC1O[C@H](OC(=Nc2ccc(C(F)(F)F)cc2)SCc2ccc(C(F)(F)F)cc2)C(OC(=O)c2ccccc2)[C@H](OC(=O)c2ccccc2)[C@@H]1OC(=O)c1ccccc1)c1ccccc1. The maximum atomic E-state index is 14.0. The van der Waals surface area contributed by atoms with Crippen molar-refractivity contribution in [3.63, 3.8) is 0 Å².